The second kappa shape index (κ2) is 7.87. The zero-order chi connectivity index (χ0) is 19.4. The van der Waals surface area contributed by atoms with Gasteiger partial charge in [-0.3, -0.25) is 0 Å². The molecule has 0 spiro atoms. The maximum Gasteiger partial charge on any atom is 0.238 e. The number of sulfonamides is 1. The van der Waals surface area contributed by atoms with Crippen LogP contribution in [0, 0.1) is 17.2 Å². The summed E-state index contributed by atoms with van der Waals surface area (Å²) in [6, 6.07) is 7.78. The molecule has 10 heteroatoms. The third-order valence-electron chi connectivity index (χ3n) is 4.40. The number of nitrogens with one attached hydrogen (secondary N) is 1. The van der Waals surface area contributed by atoms with Crippen LogP contribution >= 0.6 is 0 Å². The predicted octanol–water partition coefficient (Wildman–Crippen LogP) is 1.28. The summed E-state index contributed by atoms with van der Waals surface area (Å²) in [5, 5.41) is 26.7. The van der Waals surface area contributed by atoms with Gasteiger partial charge in [0, 0.05) is 18.2 Å². The second-order valence-electron chi connectivity index (χ2n) is 6.25. The van der Waals surface area contributed by atoms with Gasteiger partial charge in [0.2, 0.25) is 21.9 Å². The van der Waals surface area contributed by atoms with Crippen molar-refractivity contribution in [1.29, 1.82) is 5.26 Å². The van der Waals surface area contributed by atoms with E-state index in [0.717, 1.165) is 19.3 Å². The maximum absolute atomic E-state index is 11.3. The summed E-state index contributed by atoms with van der Waals surface area (Å²) >= 11 is 0. The molecule has 1 aliphatic carbocycles. The minimum Gasteiger partial charge on any atom is -0.473 e. The Labute approximate surface area is 156 Å². The lowest BCUT2D eigenvalue weighted by Crippen LogP contribution is -2.25. The fourth-order valence-corrected chi connectivity index (χ4v) is 3.48. The summed E-state index contributed by atoms with van der Waals surface area (Å²) in [6.07, 6.45) is 3.77. The average Bonchev–Trinajstić information content (AvgIpc) is 3.09. The Morgan fingerprint density at radius 1 is 1.33 bits per heavy atom. The number of hydrogen-bond donors (Lipinski definition) is 3. The quantitative estimate of drug-likeness (QED) is 0.668. The normalized spacial score (nSPS) is 19.4. The molecule has 1 saturated carbocycles. The Morgan fingerprint density at radius 2 is 2.07 bits per heavy atom. The SMILES string of the molecule is N#Cc1cnc(Nc2ccc(S(N)(=O)=O)cc2)nc1O[C@@H]1CCC[C@@H]1CO. The smallest absolute Gasteiger partial charge is 0.238 e. The van der Waals surface area contributed by atoms with Crippen LogP contribution in [-0.4, -0.2) is 36.2 Å². The Morgan fingerprint density at radius 3 is 2.70 bits per heavy atom. The number of aliphatic hydroxyl groups excluding tert-OH is 1. The van der Waals surface area contributed by atoms with Crippen molar-refractivity contribution in [2.24, 2.45) is 11.1 Å². The van der Waals surface area contributed by atoms with Crippen LogP contribution in [0.25, 0.3) is 0 Å². The van der Waals surface area contributed by atoms with Gasteiger partial charge in [-0.15, -0.1) is 0 Å². The number of aliphatic hydroxyl groups is 1. The van der Waals surface area contributed by atoms with Crippen LogP contribution in [0.3, 0.4) is 0 Å². The first-order valence-electron chi connectivity index (χ1n) is 8.35. The van der Waals surface area contributed by atoms with Crippen LogP contribution in [0.4, 0.5) is 11.6 Å². The van der Waals surface area contributed by atoms with E-state index >= 15 is 0 Å². The maximum atomic E-state index is 11.3. The zero-order valence-corrected chi connectivity index (χ0v) is 15.2. The third-order valence-corrected chi connectivity index (χ3v) is 5.33. The van der Waals surface area contributed by atoms with E-state index in [2.05, 4.69) is 15.3 Å². The minimum absolute atomic E-state index is 0.00546. The van der Waals surface area contributed by atoms with Crippen LogP contribution in [0.1, 0.15) is 24.8 Å². The summed E-state index contributed by atoms with van der Waals surface area (Å²) in [6.45, 7) is 0.0269. The minimum atomic E-state index is -3.76. The fourth-order valence-electron chi connectivity index (χ4n) is 2.96. The van der Waals surface area contributed by atoms with E-state index in [1.165, 1.54) is 30.5 Å². The van der Waals surface area contributed by atoms with Crippen LogP contribution in [0.5, 0.6) is 5.88 Å². The number of rotatable bonds is 6. The van der Waals surface area contributed by atoms with Crippen molar-refractivity contribution in [3.8, 4) is 11.9 Å². The Bertz CT molecular complexity index is 956. The highest BCUT2D eigenvalue weighted by atomic mass is 32.2. The van der Waals surface area contributed by atoms with Crippen molar-refractivity contribution in [1.82, 2.24) is 9.97 Å². The number of ether oxygens (including phenoxy) is 1. The molecule has 1 aromatic heterocycles. The molecule has 0 amide bonds. The van der Waals surface area contributed by atoms with Gasteiger partial charge in [-0.25, -0.2) is 18.5 Å². The molecule has 27 heavy (non-hydrogen) atoms. The molecular weight excluding hydrogens is 370 g/mol. The summed E-state index contributed by atoms with van der Waals surface area (Å²) in [5.41, 5.74) is 0.751. The van der Waals surface area contributed by atoms with Gasteiger partial charge in [-0.2, -0.15) is 10.2 Å². The fraction of sp³-hybridized carbons (Fsp3) is 0.353. The van der Waals surface area contributed by atoms with Gasteiger partial charge in [0.1, 0.15) is 17.7 Å². The Kier molecular flexibility index (Phi) is 5.55. The molecule has 4 N–H and O–H groups in total. The molecule has 9 nitrogen and oxygen atoms in total. The van der Waals surface area contributed by atoms with Gasteiger partial charge in [0.25, 0.3) is 0 Å². The van der Waals surface area contributed by atoms with Gasteiger partial charge in [-0.05, 0) is 43.5 Å². The molecule has 2 atom stereocenters. The lowest BCUT2D eigenvalue weighted by Gasteiger charge is -2.19. The molecule has 0 aliphatic heterocycles. The first-order chi connectivity index (χ1) is 12.9. The van der Waals surface area contributed by atoms with Gasteiger partial charge in [0.05, 0.1) is 11.1 Å². The molecule has 0 unspecified atom stereocenters. The van der Waals surface area contributed by atoms with Crippen LogP contribution in [-0.2, 0) is 10.0 Å². The summed E-state index contributed by atoms with van der Waals surface area (Å²) in [7, 11) is -3.76. The van der Waals surface area contributed by atoms with Crippen LogP contribution < -0.4 is 15.2 Å². The molecule has 0 saturated heterocycles. The highest BCUT2D eigenvalue weighted by Gasteiger charge is 2.29. The molecule has 1 aliphatic rings. The summed E-state index contributed by atoms with van der Waals surface area (Å²) in [4.78, 5) is 8.32. The third kappa shape index (κ3) is 4.51. The Balaban J connectivity index is 1.79. The summed E-state index contributed by atoms with van der Waals surface area (Å²) < 4.78 is 28.5. The van der Waals surface area contributed by atoms with Crippen molar-refractivity contribution in [3.63, 3.8) is 0 Å². The standard InChI is InChI=1S/C17H19N5O4S/c18-8-12-9-20-17(21-13-4-6-14(7-5-13)27(19,24)25)22-16(12)26-15-3-1-2-11(15)10-23/h4-7,9,11,15,23H,1-3,10H2,(H2,19,24,25)(H,20,21,22)/t11-,15-/m1/s1. The van der Waals surface area contributed by atoms with Gasteiger partial charge in [0.15, 0.2) is 0 Å². The molecule has 0 bridgehead atoms. The molecule has 1 fully saturated rings. The molecule has 142 valence electrons. The highest BCUT2D eigenvalue weighted by molar-refractivity contribution is 7.89. The Hall–Kier alpha value is -2.74. The lowest BCUT2D eigenvalue weighted by molar-refractivity contribution is 0.105. The number of aromatic nitrogens is 2. The topological polar surface area (TPSA) is 151 Å². The molecule has 3 rings (SSSR count). The second-order valence-corrected chi connectivity index (χ2v) is 7.81. The van der Waals surface area contributed by atoms with E-state index in [9.17, 15) is 18.8 Å². The highest BCUT2D eigenvalue weighted by Crippen LogP contribution is 2.30. The monoisotopic (exact) mass is 389 g/mol. The average molecular weight is 389 g/mol. The molecular formula is C17H19N5O4S. The zero-order valence-electron chi connectivity index (χ0n) is 14.4. The molecule has 1 heterocycles. The van der Waals surface area contributed by atoms with Crippen molar-refractivity contribution in [3.05, 3.63) is 36.0 Å². The van der Waals surface area contributed by atoms with E-state index in [-0.39, 0.29) is 40.9 Å². The number of nitriles is 1. The number of nitrogens with two attached hydrogens (primary N) is 1. The first-order valence-corrected chi connectivity index (χ1v) is 9.90. The number of anilines is 2. The van der Waals surface area contributed by atoms with Crippen LogP contribution in [0.15, 0.2) is 35.4 Å². The largest absolute Gasteiger partial charge is 0.473 e. The van der Waals surface area contributed by atoms with Crippen molar-refractivity contribution < 1.29 is 18.3 Å². The van der Waals surface area contributed by atoms with Gasteiger partial charge >= 0.3 is 0 Å². The molecule has 1 aromatic carbocycles. The van der Waals surface area contributed by atoms with E-state index in [4.69, 9.17) is 9.88 Å². The number of primary sulfonamides is 1. The summed E-state index contributed by atoms with van der Waals surface area (Å²) in [5.74, 6) is 0.376. The van der Waals surface area contributed by atoms with Gasteiger partial charge < -0.3 is 15.2 Å². The number of nitrogens with zero attached hydrogens (tertiary/aromatic N) is 3. The lowest BCUT2D eigenvalue weighted by atomic mass is 10.1. The van der Waals surface area contributed by atoms with Crippen LogP contribution in [0.2, 0.25) is 0 Å². The first kappa shape index (κ1) is 19.0. The molecule has 2 aromatic rings. The number of hydrogen-bond acceptors (Lipinski definition) is 8. The number of benzene rings is 1. The van der Waals surface area contributed by atoms with Crippen molar-refractivity contribution >= 4 is 21.7 Å². The molecule has 0 radical (unpaired) electrons. The van der Waals surface area contributed by atoms with Crippen molar-refractivity contribution in [2.75, 3.05) is 11.9 Å². The van der Waals surface area contributed by atoms with E-state index < -0.39 is 10.0 Å². The van der Waals surface area contributed by atoms with E-state index in [1.807, 2.05) is 6.07 Å². The van der Waals surface area contributed by atoms with Crippen molar-refractivity contribution in [2.45, 2.75) is 30.3 Å². The predicted molar refractivity (Wildman–Crippen MR) is 96.7 cm³/mol. The van der Waals surface area contributed by atoms with E-state index in [0.29, 0.717) is 5.69 Å². The van der Waals surface area contributed by atoms with E-state index in [1.54, 1.807) is 0 Å². The van der Waals surface area contributed by atoms with Gasteiger partial charge in [-0.1, -0.05) is 0 Å².